The van der Waals surface area contributed by atoms with Gasteiger partial charge in [0.25, 0.3) is 0 Å². The normalized spacial score (nSPS) is 14.8. The molecule has 2 atom stereocenters. The minimum atomic E-state index is -2.28. The molecule has 6 heteroatoms. The minimum Gasteiger partial charge on any atom is -0.497 e. The van der Waals surface area contributed by atoms with Gasteiger partial charge in [-0.25, -0.2) is 0 Å². The first-order valence-electron chi connectivity index (χ1n) is 7.87. The Morgan fingerprint density at radius 2 is 1.67 bits per heavy atom. The van der Waals surface area contributed by atoms with Gasteiger partial charge in [0.05, 0.1) is 13.7 Å². The third-order valence-electron chi connectivity index (χ3n) is 3.31. The highest BCUT2D eigenvalue weighted by Gasteiger charge is 2.27. The third-order valence-corrected chi connectivity index (χ3v) is 9.80. The summed E-state index contributed by atoms with van der Waals surface area (Å²) in [6.07, 6.45) is 0. The average Bonchev–Trinajstić information content (AvgIpc) is 2.62. The molecule has 0 aliphatic carbocycles. The summed E-state index contributed by atoms with van der Waals surface area (Å²) in [7, 11) is 1.66. The molecule has 0 bridgehead atoms. The molecule has 130 valence electrons. The first-order chi connectivity index (χ1) is 11.6. The first kappa shape index (κ1) is 19.5. The van der Waals surface area contributed by atoms with Crippen LogP contribution in [-0.2, 0) is 21.1 Å². The van der Waals surface area contributed by atoms with Gasteiger partial charge in [-0.05, 0) is 43.7 Å². The fourth-order valence-electron chi connectivity index (χ4n) is 2.18. The minimum absolute atomic E-state index is 0.143. The molecule has 2 rings (SSSR count). The summed E-state index contributed by atoms with van der Waals surface area (Å²) in [5.74, 6) is 0.811. The van der Waals surface area contributed by atoms with Crippen molar-refractivity contribution in [3.63, 3.8) is 0 Å². The van der Waals surface area contributed by atoms with Crippen molar-refractivity contribution in [2.75, 3.05) is 20.3 Å². The molecule has 0 aromatic heterocycles. The molecule has 3 nitrogen and oxygen atoms in total. The second kappa shape index (κ2) is 9.59. The van der Waals surface area contributed by atoms with Crippen molar-refractivity contribution in [2.24, 2.45) is 0 Å². The van der Waals surface area contributed by atoms with Crippen LogP contribution in [-0.4, -0.2) is 20.3 Å². The van der Waals surface area contributed by atoms with Crippen LogP contribution in [0.2, 0.25) is 0 Å². The van der Waals surface area contributed by atoms with Crippen molar-refractivity contribution in [3.8, 4) is 5.75 Å². The lowest BCUT2D eigenvalue weighted by atomic mass is 10.2. The number of rotatable bonds is 9. The van der Waals surface area contributed by atoms with E-state index in [0.29, 0.717) is 13.2 Å². The molecule has 0 spiro atoms. The molecular weight excluding hydrogens is 359 g/mol. The summed E-state index contributed by atoms with van der Waals surface area (Å²) >= 11 is 7.57. The van der Waals surface area contributed by atoms with Crippen LogP contribution in [0.1, 0.15) is 24.8 Å². The average molecular weight is 382 g/mol. The van der Waals surface area contributed by atoms with E-state index in [1.807, 2.05) is 56.3 Å². The van der Waals surface area contributed by atoms with Crippen LogP contribution in [0, 0.1) is 0 Å². The molecule has 2 aromatic carbocycles. The standard InChI is InChI=1S/C18H23O3PS2/c1-4-20-18(15-9-7-6-8-10-15)24-22(23,21-5-2)17-13-11-16(19-3)12-14-17/h6-14,18H,4-5H2,1-3H3. The van der Waals surface area contributed by atoms with Gasteiger partial charge in [-0.15, -0.1) is 0 Å². The van der Waals surface area contributed by atoms with Crippen molar-refractivity contribution in [1.29, 1.82) is 0 Å². The lowest BCUT2D eigenvalue weighted by Gasteiger charge is -2.27. The van der Waals surface area contributed by atoms with Gasteiger partial charge in [-0.3, -0.25) is 0 Å². The summed E-state index contributed by atoms with van der Waals surface area (Å²) in [4.78, 5) is 0. The number of methoxy groups -OCH3 is 1. The van der Waals surface area contributed by atoms with E-state index in [0.717, 1.165) is 16.6 Å². The molecule has 0 fully saturated rings. The Kier molecular flexibility index (Phi) is 7.79. The number of benzene rings is 2. The Balaban J connectivity index is 2.31. The summed E-state index contributed by atoms with van der Waals surface area (Å²) < 4.78 is 17.2. The molecule has 0 heterocycles. The largest absolute Gasteiger partial charge is 0.497 e. The predicted octanol–water partition coefficient (Wildman–Crippen LogP) is 5.14. The molecule has 0 radical (unpaired) electrons. The van der Waals surface area contributed by atoms with E-state index in [4.69, 9.17) is 25.8 Å². The Hall–Kier alpha value is -0.840. The second-order valence-corrected chi connectivity index (χ2v) is 11.7. The quantitative estimate of drug-likeness (QED) is 0.442. The number of hydrogen-bond acceptors (Lipinski definition) is 5. The SMILES string of the molecule is CCOC(SP(=S)(OCC)c1ccc(OC)cc1)c1ccccc1. The maximum atomic E-state index is 6.06. The van der Waals surface area contributed by atoms with Crippen LogP contribution < -0.4 is 10.0 Å². The smallest absolute Gasteiger partial charge is 0.151 e. The van der Waals surface area contributed by atoms with E-state index in [1.54, 1.807) is 18.5 Å². The molecule has 0 N–H and O–H groups in total. The lowest BCUT2D eigenvalue weighted by molar-refractivity contribution is 0.127. The third kappa shape index (κ3) is 5.08. The molecule has 0 saturated heterocycles. The van der Waals surface area contributed by atoms with E-state index >= 15 is 0 Å². The van der Waals surface area contributed by atoms with E-state index in [-0.39, 0.29) is 5.44 Å². The molecule has 2 unspecified atom stereocenters. The van der Waals surface area contributed by atoms with Crippen molar-refractivity contribution in [1.82, 2.24) is 0 Å². The summed E-state index contributed by atoms with van der Waals surface area (Å²) in [6, 6.07) is 18.0. The summed E-state index contributed by atoms with van der Waals surface area (Å²) in [5, 5.41) is 1.02. The lowest BCUT2D eigenvalue weighted by Crippen LogP contribution is -2.08. The van der Waals surface area contributed by atoms with E-state index in [2.05, 4.69) is 12.1 Å². The maximum absolute atomic E-state index is 6.06. The van der Waals surface area contributed by atoms with E-state index in [9.17, 15) is 0 Å². The maximum Gasteiger partial charge on any atom is 0.151 e. The summed E-state index contributed by atoms with van der Waals surface area (Å²) in [6.45, 7) is 5.16. The van der Waals surface area contributed by atoms with Gasteiger partial charge >= 0.3 is 0 Å². The molecule has 0 saturated carbocycles. The number of hydrogen-bond donors (Lipinski definition) is 0. The van der Waals surface area contributed by atoms with Crippen molar-refractivity contribution in [2.45, 2.75) is 19.3 Å². The molecule has 0 aliphatic rings. The van der Waals surface area contributed by atoms with Gasteiger partial charge in [-0.2, -0.15) is 0 Å². The highest BCUT2D eigenvalue weighted by Crippen LogP contribution is 2.64. The molecular formula is C18H23O3PS2. The van der Waals surface area contributed by atoms with Crippen molar-refractivity contribution >= 4 is 34.0 Å². The van der Waals surface area contributed by atoms with Crippen LogP contribution in [0.25, 0.3) is 0 Å². The van der Waals surface area contributed by atoms with Gasteiger partial charge in [0.2, 0.25) is 0 Å². The Morgan fingerprint density at radius 3 is 2.21 bits per heavy atom. The highest BCUT2D eigenvalue weighted by atomic mass is 32.9. The van der Waals surface area contributed by atoms with Gasteiger partial charge in [0.1, 0.15) is 11.2 Å². The first-order valence-corrected chi connectivity index (χ1v) is 12.1. The topological polar surface area (TPSA) is 27.7 Å². The fourth-order valence-corrected chi connectivity index (χ4v) is 8.01. The van der Waals surface area contributed by atoms with Gasteiger partial charge < -0.3 is 14.0 Å². The summed E-state index contributed by atoms with van der Waals surface area (Å²) in [5.41, 5.74) is -1.32. The van der Waals surface area contributed by atoms with Crippen molar-refractivity contribution < 1.29 is 14.0 Å². The molecule has 0 amide bonds. The monoisotopic (exact) mass is 382 g/mol. The van der Waals surface area contributed by atoms with Crippen LogP contribution in [0.15, 0.2) is 54.6 Å². The molecule has 24 heavy (non-hydrogen) atoms. The van der Waals surface area contributed by atoms with Gasteiger partial charge in [-0.1, -0.05) is 53.5 Å². The van der Waals surface area contributed by atoms with E-state index < -0.39 is 5.47 Å². The Morgan fingerprint density at radius 1 is 1.00 bits per heavy atom. The highest BCUT2D eigenvalue weighted by molar-refractivity contribution is 8.71. The fraction of sp³-hybridized carbons (Fsp3) is 0.333. The molecule has 0 aliphatic heterocycles. The number of ether oxygens (including phenoxy) is 2. The van der Waals surface area contributed by atoms with Crippen LogP contribution >= 0.6 is 16.8 Å². The molecule has 2 aromatic rings. The zero-order chi connectivity index (χ0) is 17.4. The van der Waals surface area contributed by atoms with Gasteiger partial charge in [0, 0.05) is 11.9 Å². The van der Waals surface area contributed by atoms with Crippen LogP contribution in [0.3, 0.4) is 0 Å². The Labute approximate surface area is 153 Å². The van der Waals surface area contributed by atoms with Crippen LogP contribution in [0.4, 0.5) is 0 Å². The van der Waals surface area contributed by atoms with Gasteiger partial charge in [0.15, 0.2) is 5.47 Å². The predicted molar refractivity (Wildman–Crippen MR) is 107 cm³/mol. The second-order valence-electron chi connectivity index (χ2n) is 4.92. The van der Waals surface area contributed by atoms with Crippen LogP contribution in [0.5, 0.6) is 5.75 Å². The Bertz CT molecular complexity index is 662. The van der Waals surface area contributed by atoms with Crippen molar-refractivity contribution in [3.05, 3.63) is 60.2 Å². The zero-order valence-electron chi connectivity index (χ0n) is 14.2. The zero-order valence-corrected chi connectivity index (χ0v) is 16.7. The van der Waals surface area contributed by atoms with E-state index in [1.165, 1.54) is 0 Å².